The van der Waals surface area contributed by atoms with Crippen LogP contribution in [0.5, 0.6) is 0 Å². The topological polar surface area (TPSA) is 46.0 Å². The fraction of sp³-hybridized carbons (Fsp3) is 0.667. The average Bonchev–Trinajstić information content (AvgIpc) is 2.30. The highest BCUT2D eigenvalue weighted by Crippen LogP contribution is 2.10. The van der Waals surface area contributed by atoms with Crippen molar-refractivity contribution < 1.29 is 0 Å². The van der Waals surface area contributed by atoms with Crippen LogP contribution in [0.15, 0.2) is 0 Å². The van der Waals surface area contributed by atoms with Gasteiger partial charge in [-0.2, -0.15) is 0 Å². The second-order valence-corrected chi connectivity index (χ2v) is 2.53. The third-order valence-corrected chi connectivity index (χ3v) is 1.48. The van der Waals surface area contributed by atoms with E-state index in [0.29, 0.717) is 0 Å². The molecule has 1 aromatic heterocycles. The minimum absolute atomic E-state index is 0.772. The summed E-state index contributed by atoms with van der Waals surface area (Å²) in [6, 6.07) is 0. The smallest absolute Gasteiger partial charge is 0.227 e. The van der Waals surface area contributed by atoms with Crippen LogP contribution in [0.1, 0.15) is 0 Å². The molecule has 0 fully saturated rings. The van der Waals surface area contributed by atoms with Gasteiger partial charge in [0.1, 0.15) is 0 Å². The third kappa shape index (κ3) is 1.26. The van der Waals surface area contributed by atoms with Gasteiger partial charge >= 0.3 is 0 Å². The molecule has 1 N–H and O–H groups in total. The molecule has 11 heavy (non-hydrogen) atoms. The highest BCUT2D eigenvalue weighted by atomic mass is 15.4. The first-order valence-electron chi connectivity index (χ1n) is 3.41. The lowest BCUT2D eigenvalue weighted by atomic mass is 10.8. The predicted molar refractivity (Wildman–Crippen MR) is 44.9 cm³/mol. The Labute approximate surface area is 66.0 Å². The van der Waals surface area contributed by atoms with Crippen molar-refractivity contribution in [1.82, 2.24) is 14.8 Å². The Bertz CT molecular complexity index is 239. The molecule has 0 radical (unpaired) electrons. The van der Waals surface area contributed by atoms with Crippen molar-refractivity contribution in [2.24, 2.45) is 7.05 Å². The van der Waals surface area contributed by atoms with Crippen molar-refractivity contribution in [2.45, 2.75) is 0 Å². The highest BCUT2D eigenvalue weighted by molar-refractivity contribution is 5.37. The summed E-state index contributed by atoms with van der Waals surface area (Å²) in [7, 11) is 7.61. The number of anilines is 2. The van der Waals surface area contributed by atoms with E-state index in [0.717, 1.165) is 11.9 Å². The van der Waals surface area contributed by atoms with Crippen LogP contribution >= 0.6 is 0 Å². The molecule has 0 spiro atoms. The van der Waals surface area contributed by atoms with Gasteiger partial charge in [0, 0.05) is 28.2 Å². The molecule has 1 rings (SSSR count). The number of hydrogen-bond donors (Lipinski definition) is 1. The molecule has 0 aliphatic heterocycles. The SMILES string of the molecule is CNc1nnc(N(C)C)n1C. The van der Waals surface area contributed by atoms with Crippen molar-refractivity contribution in [2.75, 3.05) is 31.4 Å². The first kappa shape index (κ1) is 7.84. The van der Waals surface area contributed by atoms with E-state index >= 15 is 0 Å². The lowest BCUT2D eigenvalue weighted by Gasteiger charge is -2.10. The summed E-state index contributed by atoms with van der Waals surface area (Å²) in [4.78, 5) is 1.91. The number of rotatable bonds is 2. The van der Waals surface area contributed by atoms with E-state index < -0.39 is 0 Å². The summed E-state index contributed by atoms with van der Waals surface area (Å²) in [6.07, 6.45) is 0. The maximum Gasteiger partial charge on any atom is 0.227 e. The van der Waals surface area contributed by atoms with Gasteiger partial charge in [-0.25, -0.2) is 0 Å². The van der Waals surface area contributed by atoms with Gasteiger partial charge in [0.15, 0.2) is 0 Å². The highest BCUT2D eigenvalue weighted by Gasteiger charge is 2.06. The van der Waals surface area contributed by atoms with Gasteiger partial charge in [-0.1, -0.05) is 0 Å². The first-order chi connectivity index (χ1) is 5.16. The molecular formula is C6H13N5. The Kier molecular flexibility index (Phi) is 1.98. The van der Waals surface area contributed by atoms with E-state index in [4.69, 9.17) is 0 Å². The molecule has 0 aromatic carbocycles. The molecule has 62 valence electrons. The van der Waals surface area contributed by atoms with Crippen molar-refractivity contribution >= 4 is 11.9 Å². The number of nitrogens with zero attached hydrogens (tertiary/aromatic N) is 4. The quantitative estimate of drug-likeness (QED) is 0.649. The summed E-state index contributed by atoms with van der Waals surface area (Å²) < 4.78 is 1.89. The maximum absolute atomic E-state index is 3.96. The van der Waals surface area contributed by atoms with Crippen LogP contribution in [-0.4, -0.2) is 35.9 Å². The molecule has 0 aliphatic rings. The van der Waals surface area contributed by atoms with Gasteiger partial charge in [0.2, 0.25) is 11.9 Å². The minimum Gasteiger partial charge on any atom is -0.357 e. The van der Waals surface area contributed by atoms with E-state index in [1.54, 1.807) is 0 Å². The number of aromatic nitrogens is 3. The Hall–Kier alpha value is -1.26. The van der Waals surface area contributed by atoms with Crippen molar-refractivity contribution in [3.8, 4) is 0 Å². The molecule has 0 saturated heterocycles. The molecule has 1 aromatic rings. The summed E-state index contributed by atoms with van der Waals surface area (Å²) >= 11 is 0. The predicted octanol–water partition coefficient (Wildman–Crippen LogP) is -0.0772. The third-order valence-electron chi connectivity index (χ3n) is 1.48. The van der Waals surface area contributed by atoms with Crippen LogP contribution in [0.3, 0.4) is 0 Å². The molecule has 5 nitrogen and oxygen atoms in total. The van der Waals surface area contributed by atoms with Crippen LogP contribution in [-0.2, 0) is 7.05 Å². The van der Waals surface area contributed by atoms with Gasteiger partial charge < -0.3 is 10.2 Å². The monoisotopic (exact) mass is 155 g/mol. The zero-order chi connectivity index (χ0) is 8.43. The molecule has 5 heteroatoms. The Morgan fingerprint density at radius 2 is 2.00 bits per heavy atom. The fourth-order valence-corrected chi connectivity index (χ4v) is 0.928. The van der Waals surface area contributed by atoms with Crippen molar-refractivity contribution in [1.29, 1.82) is 0 Å². The van der Waals surface area contributed by atoms with Crippen LogP contribution in [0.4, 0.5) is 11.9 Å². The number of hydrogen-bond acceptors (Lipinski definition) is 4. The van der Waals surface area contributed by atoms with Crippen LogP contribution < -0.4 is 10.2 Å². The molecule has 0 aliphatic carbocycles. The molecule has 0 saturated carbocycles. The largest absolute Gasteiger partial charge is 0.357 e. The molecular weight excluding hydrogens is 142 g/mol. The van der Waals surface area contributed by atoms with Gasteiger partial charge in [-0.05, 0) is 0 Å². The van der Waals surface area contributed by atoms with E-state index in [-0.39, 0.29) is 0 Å². The van der Waals surface area contributed by atoms with Crippen LogP contribution in [0.25, 0.3) is 0 Å². The summed E-state index contributed by atoms with van der Waals surface area (Å²) in [5, 5.41) is 10.8. The van der Waals surface area contributed by atoms with Crippen molar-refractivity contribution in [3.05, 3.63) is 0 Å². The molecule has 1 heterocycles. The normalized spacial score (nSPS) is 9.82. The number of nitrogens with one attached hydrogen (secondary N) is 1. The Balaban J connectivity index is 3.00. The summed E-state index contributed by atoms with van der Waals surface area (Å²) in [6.45, 7) is 0. The van der Waals surface area contributed by atoms with Gasteiger partial charge in [0.05, 0.1) is 0 Å². The van der Waals surface area contributed by atoms with Gasteiger partial charge in [0.25, 0.3) is 0 Å². The van der Waals surface area contributed by atoms with Gasteiger partial charge in [-0.15, -0.1) is 10.2 Å². The van der Waals surface area contributed by atoms with Crippen molar-refractivity contribution in [3.63, 3.8) is 0 Å². The second kappa shape index (κ2) is 2.77. The van der Waals surface area contributed by atoms with Crippen LogP contribution in [0.2, 0.25) is 0 Å². The first-order valence-corrected chi connectivity index (χ1v) is 3.41. The molecule has 0 unspecified atom stereocenters. The summed E-state index contributed by atoms with van der Waals surface area (Å²) in [5.41, 5.74) is 0. The Morgan fingerprint density at radius 3 is 2.27 bits per heavy atom. The van der Waals surface area contributed by atoms with E-state index in [1.807, 2.05) is 37.7 Å². The maximum atomic E-state index is 3.96. The van der Waals surface area contributed by atoms with Crippen LogP contribution in [0, 0.1) is 0 Å². The van der Waals surface area contributed by atoms with Gasteiger partial charge in [-0.3, -0.25) is 4.57 Å². The average molecular weight is 155 g/mol. The zero-order valence-corrected chi connectivity index (χ0v) is 7.29. The lowest BCUT2D eigenvalue weighted by Crippen LogP contribution is -2.14. The second-order valence-electron chi connectivity index (χ2n) is 2.53. The Morgan fingerprint density at radius 1 is 1.36 bits per heavy atom. The molecule has 0 amide bonds. The molecule has 0 atom stereocenters. The van der Waals surface area contributed by atoms with E-state index in [2.05, 4.69) is 15.5 Å². The molecule has 0 bridgehead atoms. The zero-order valence-electron chi connectivity index (χ0n) is 7.29. The van der Waals surface area contributed by atoms with E-state index in [1.165, 1.54) is 0 Å². The lowest BCUT2D eigenvalue weighted by molar-refractivity contribution is 0.871. The summed E-state index contributed by atoms with van der Waals surface area (Å²) in [5.74, 6) is 1.61. The fourth-order valence-electron chi connectivity index (χ4n) is 0.928. The minimum atomic E-state index is 0.772. The standard InChI is InChI=1S/C6H13N5/c1-7-5-8-9-6(10(2)3)11(5)4/h1-4H3,(H,7,8). The van der Waals surface area contributed by atoms with E-state index in [9.17, 15) is 0 Å².